The van der Waals surface area contributed by atoms with Gasteiger partial charge in [-0.1, -0.05) is 37.3 Å². The van der Waals surface area contributed by atoms with E-state index in [1.807, 2.05) is 0 Å². The second-order valence-corrected chi connectivity index (χ2v) is 4.70. The minimum atomic E-state index is -4.45. The van der Waals surface area contributed by atoms with Gasteiger partial charge >= 0.3 is 12.1 Å². The standard InChI is InChI=1S/C14H17F3O2/c1-9(2)19-13(18)12(10(3)14(15,16)17)11-7-5-4-6-8-11/h4-10,12H,1-3H3. The predicted molar refractivity (Wildman–Crippen MR) is 65.6 cm³/mol. The second-order valence-electron chi connectivity index (χ2n) is 4.70. The number of rotatable bonds is 4. The van der Waals surface area contributed by atoms with Crippen LogP contribution in [0.25, 0.3) is 0 Å². The number of carbonyl (C=O) groups is 1. The SMILES string of the molecule is CC(C)OC(=O)C(c1ccccc1)C(C)C(F)(F)F. The Balaban J connectivity index is 3.08. The molecule has 1 rings (SSSR count). The number of benzene rings is 1. The van der Waals surface area contributed by atoms with E-state index in [0.29, 0.717) is 5.56 Å². The van der Waals surface area contributed by atoms with Gasteiger partial charge in [0.1, 0.15) is 0 Å². The molecule has 0 N–H and O–H groups in total. The van der Waals surface area contributed by atoms with Crippen molar-refractivity contribution in [3.63, 3.8) is 0 Å². The van der Waals surface area contributed by atoms with Crippen LogP contribution in [-0.2, 0) is 9.53 Å². The highest BCUT2D eigenvalue weighted by Crippen LogP contribution is 2.38. The van der Waals surface area contributed by atoms with Crippen molar-refractivity contribution in [3.8, 4) is 0 Å². The molecule has 0 spiro atoms. The Kier molecular flexibility index (Phi) is 4.97. The fraction of sp³-hybridized carbons (Fsp3) is 0.500. The zero-order valence-corrected chi connectivity index (χ0v) is 11.1. The van der Waals surface area contributed by atoms with E-state index in [-0.39, 0.29) is 0 Å². The summed E-state index contributed by atoms with van der Waals surface area (Å²) in [6, 6.07) is 7.91. The van der Waals surface area contributed by atoms with E-state index in [9.17, 15) is 18.0 Å². The van der Waals surface area contributed by atoms with E-state index in [0.717, 1.165) is 6.92 Å². The van der Waals surface area contributed by atoms with Crippen LogP contribution in [0.4, 0.5) is 13.2 Å². The van der Waals surface area contributed by atoms with Crippen LogP contribution >= 0.6 is 0 Å². The maximum Gasteiger partial charge on any atom is 0.392 e. The summed E-state index contributed by atoms with van der Waals surface area (Å²) in [4.78, 5) is 11.9. The topological polar surface area (TPSA) is 26.3 Å². The predicted octanol–water partition coefficient (Wildman–Crippen LogP) is 3.92. The summed E-state index contributed by atoms with van der Waals surface area (Å²) >= 11 is 0. The van der Waals surface area contributed by atoms with Gasteiger partial charge in [-0.05, 0) is 19.4 Å². The van der Waals surface area contributed by atoms with Crippen LogP contribution in [0.3, 0.4) is 0 Å². The summed E-state index contributed by atoms with van der Waals surface area (Å²) in [5.74, 6) is -3.96. The zero-order valence-electron chi connectivity index (χ0n) is 11.1. The zero-order chi connectivity index (χ0) is 14.6. The molecule has 0 aliphatic heterocycles. The highest BCUT2D eigenvalue weighted by atomic mass is 19.4. The molecule has 2 nitrogen and oxygen atoms in total. The van der Waals surface area contributed by atoms with Gasteiger partial charge in [0.05, 0.1) is 17.9 Å². The molecule has 5 heteroatoms. The van der Waals surface area contributed by atoms with Gasteiger partial charge in [0.25, 0.3) is 0 Å². The van der Waals surface area contributed by atoms with E-state index in [1.165, 1.54) is 12.1 Å². The largest absolute Gasteiger partial charge is 0.462 e. The van der Waals surface area contributed by atoms with Crippen LogP contribution in [0.15, 0.2) is 30.3 Å². The molecule has 106 valence electrons. The third-order valence-electron chi connectivity index (χ3n) is 2.78. The van der Waals surface area contributed by atoms with E-state index in [2.05, 4.69) is 0 Å². The van der Waals surface area contributed by atoms with Crippen LogP contribution in [0, 0.1) is 5.92 Å². The minimum Gasteiger partial charge on any atom is -0.462 e. The molecule has 0 saturated heterocycles. The van der Waals surface area contributed by atoms with Crippen molar-refractivity contribution < 1.29 is 22.7 Å². The number of carbonyl (C=O) groups excluding carboxylic acids is 1. The number of hydrogen-bond acceptors (Lipinski definition) is 2. The molecular formula is C14H17F3O2. The van der Waals surface area contributed by atoms with Gasteiger partial charge < -0.3 is 4.74 Å². The van der Waals surface area contributed by atoms with Gasteiger partial charge in [-0.25, -0.2) is 0 Å². The molecular weight excluding hydrogens is 257 g/mol. The van der Waals surface area contributed by atoms with E-state index < -0.39 is 30.1 Å². The molecule has 0 saturated carbocycles. The molecule has 0 bridgehead atoms. The average Bonchev–Trinajstić information content (AvgIpc) is 2.28. The van der Waals surface area contributed by atoms with Gasteiger partial charge in [0, 0.05) is 0 Å². The Bertz CT molecular complexity index is 412. The van der Waals surface area contributed by atoms with Crippen molar-refractivity contribution in [1.82, 2.24) is 0 Å². The van der Waals surface area contributed by atoms with Gasteiger partial charge in [-0.2, -0.15) is 13.2 Å². The number of hydrogen-bond donors (Lipinski definition) is 0. The van der Waals surface area contributed by atoms with Gasteiger partial charge in [0.15, 0.2) is 0 Å². The molecule has 2 atom stereocenters. The number of alkyl halides is 3. The molecule has 0 aromatic heterocycles. The molecule has 1 aromatic rings. The number of esters is 1. The van der Waals surface area contributed by atoms with E-state index in [1.54, 1.807) is 32.0 Å². The molecule has 0 aliphatic carbocycles. The number of ether oxygens (including phenoxy) is 1. The molecule has 0 aliphatic rings. The lowest BCUT2D eigenvalue weighted by atomic mass is 9.86. The Morgan fingerprint density at radius 1 is 1.11 bits per heavy atom. The van der Waals surface area contributed by atoms with Crippen molar-refractivity contribution in [3.05, 3.63) is 35.9 Å². The Labute approximate surface area is 110 Å². The highest BCUT2D eigenvalue weighted by Gasteiger charge is 2.45. The average molecular weight is 274 g/mol. The third kappa shape index (κ3) is 4.26. The first kappa shape index (κ1) is 15.5. The Morgan fingerprint density at radius 3 is 2.05 bits per heavy atom. The first-order chi connectivity index (χ1) is 8.73. The van der Waals surface area contributed by atoms with Crippen LogP contribution in [-0.4, -0.2) is 18.2 Å². The first-order valence-electron chi connectivity index (χ1n) is 6.05. The molecule has 19 heavy (non-hydrogen) atoms. The summed E-state index contributed by atoms with van der Waals surface area (Å²) in [5, 5.41) is 0. The highest BCUT2D eigenvalue weighted by molar-refractivity contribution is 5.78. The molecule has 0 heterocycles. The molecule has 0 amide bonds. The molecule has 0 radical (unpaired) electrons. The van der Waals surface area contributed by atoms with Crippen LogP contribution < -0.4 is 0 Å². The number of halogens is 3. The van der Waals surface area contributed by atoms with E-state index in [4.69, 9.17) is 4.74 Å². The molecule has 1 aromatic carbocycles. The lowest BCUT2D eigenvalue weighted by Crippen LogP contribution is -2.33. The lowest BCUT2D eigenvalue weighted by Gasteiger charge is -2.25. The van der Waals surface area contributed by atoms with Gasteiger partial charge in [-0.3, -0.25) is 4.79 Å². The normalized spacial score (nSPS) is 15.1. The van der Waals surface area contributed by atoms with Crippen molar-refractivity contribution >= 4 is 5.97 Å². The van der Waals surface area contributed by atoms with Crippen LogP contribution in [0.2, 0.25) is 0 Å². The Hall–Kier alpha value is -1.52. The second kappa shape index (κ2) is 6.08. The fourth-order valence-corrected chi connectivity index (χ4v) is 1.78. The van der Waals surface area contributed by atoms with Crippen molar-refractivity contribution in [1.29, 1.82) is 0 Å². The van der Waals surface area contributed by atoms with Gasteiger partial charge in [0.2, 0.25) is 0 Å². The summed E-state index contributed by atoms with van der Waals surface area (Å²) in [6.45, 7) is 4.22. The van der Waals surface area contributed by atoms with Crippen molar-refractivity contribution in [2.24, 2.45) is 5.92 Å². The third-order valence-corrected chi connectivity index (χ3v) is 2.78. The summed E-state index contributed by atoms with van der Waals surface area (Å²) in [7, 11) is 0. The first-order valence-corrected chi connectivity index (χ1v) is 6.05. The molecule has 2 unspecified atom stereocenters. The smallest absolute Gasteiger partial charge is 0.392 e. The van der Waals surface area contributed by atoms with Crippen LogP contribution in [0.1, 0.15) is 32.3 Å². The monoisotopic (exact) mass is 274 g/mol. The van der Waals surface area contributed by atoms with Crippen LogP contribution in [0.5, 0.6) is 0 Å². The summed E-state index contributed by atoms with van der Waals surface area (Å²) in [5.41, 5.74) is 0.318. The van der Waals surface area contributed by atoms with Crippen molar-refractivity contribution in [2.75, 3.05) is 0 Å². The lowest BCUT2D eigenvalue weighted by molar-refractivity contribution is -0.187. The Morgan fingerprint density at radius 2 is 1.63 bits per heavy atom. The van der Waals surface area contributed by atoms with Gasteiger partial charge in [-0.15, -0.1) is 0 Å². The molecule has 0 fully saturated rings. The maximum atomic E-state index is 12.9. The quantitative estimate of drug-likeness (QED) is 0.778. The minimum absolute atomic E-state index is 0.318. The fourth-order valence-electron chi connectivity index (χ4n) is 1.78. The van der Waals surface area contributed by atoms with Crippen molar-refractivity contribution in [2.45, 2.75) is 39.0 Å². The summed E-state index contributed by atoms with van der Waals surface area (Å²) < 4.78 is 43.6. The summed E-state index contributed by atoms with van der Waals surface area (Å²) in [6.07, 6.45) is -4.89. The maximum absolute atomic E-state index is 12.9. The van der Waals surface area contributed by atoms with E-state index >= 15 is 0 Å².